The third-order valence-corrected chi connectivity index (χ3v) is 4.35. The van der Waals surface area contributed by atoms with E-state index in [-0.39, 0.29) is 5.91 Å². The Balaban J connectivity index is 1.46. The summed E-state index contributed by atoms with van der Waals surface area (Å²) >= 11 is 0. The Bertz CT molecular complexity index is 899. The highest BCUT2D eigenvalue weighted by Gasteiger charge is 2.25. The van der Waals surface area contributed by atoms with Crippen molar-refractivity contribution in [3.05, 3.63) is 65.9 Å². The molecule has 1 saturated carbocycles. The normalized spacial score (nSPS) is 13.6. The van der Waals surface area contributed by atoms with Crippen molar-refractivity contribution < 1.29 is 4.79 Å². The summed E-state index contributed by atoms with van der Waals surface area (Å²) < 4.78 is 1.60. The smallest absolute Gasteiger partial charge is 0.269 e. The fourth-order valence-corrected chi connectivity index (χ4v) is 2.81. The molecule has 0 aliphatic heterocycles. The second-order valence-corrected chi connectivity index (χ2v) is 6.30. The fourth-order valence-electron chi connectivity index (χ4n) is 2.81. The van der Waals surface area contributed by atoms with Crippen LogP contribution in [-0.2, 0) is 13.6 Å². The zero-order valence-electron chi connectivity index (χ0n) is 14.0. The summed E-state index contributed by atoms with van der Waals surface area (Å²) in [5.74, 6) is 0.409. The first-order valence-corrected chi connectivity index (χ1v) is 8.39. The number of amides is 1. The summed E-state index contributed by atoms with van der Waals surface area (Å²) in [5, 5.41) is 7.35. The van der Waals surface area contributed by atoms with Gasteiger partial charge in [-0.3, -0.25) is 9.48 Å². The molecule has 0 spiro atoms. The first-order chi connectivity index (χ1) is 12.2. The third kappa shape index (κ3) is 3.42. The van der Waals surface area contributed by atoms with Crippen LogP contribution in [0.15, 0.2) is 48.8 Å². The summed E-state index contributed by atoms with van der Waals surface area (Å²) in [5.41, 5.74) is 4.20. The summed E-state index contributed by atoms with van der Waals surface area (Å²) in [6.45, 7) is 0.382. The van der Waals surface area contributed by atoms with Crippen LogP contribution in [0.2, 0.25) is 0 Å². The van der Waals surface area contributed by atoms with Crippen LogP contribution >= 0.6 is 0 Å². The van der Waals surface area contributed by atoms with E-state index in [0.717, 1.165) is 22.6 Å². The van der Waals surface area contributed by atoms with Crippen LogP contribution in [0.5, 0.6) is 0 Å². The van der Waals surface area contributed by atoms with Gasteiger partial charge in [-0.15, -0.1) is 0 Å². The van der Waals surface area contributed by atoms with Crippen molar-refractivity contribution in [3.63, 3.8) is 0 Å². The largest absolute Gasteiger partial charge is 0.345 e. The van der Waals surface area contributed by atoms with E-state index in [1.165, 1.54) is 12.8 Å². The molecule has 1 N–H and O–H groups in total. The van der Waals surface area contributed by atoms with E-state index in [2.05, 4.69) is 20.4 Å². The number of hydrogen-bond donors (Lipinski definition) is 1. The molecule has 4 rings (SSSR count). The van der Waals surface area contributed by atoms with Gasteiger partial charge in [0.2, 0.25) is 0 Å². The second-order valence-electron chi connectivity index (χ2n) is 6.30. The predicted octanol–water partition coefficient (Wildman–Crippen LogP) is 2.68. The SMILES string of the molecule is Cn1nc(-c2ccccc2)cc1C(=O)NCc1cc(C2CC2)ncn1. The number of carbonyl (C=O) groups excluding carboxylic acids is 1. The molecule has 0 radical (unpaired) electrons. The van der Waals surface area contributed by atoms with E-state index in [1.807, 2.05) is 36.4 Å². The first-order valence-electron chi connectivity index (χ1n) is 8.39. The Morgan fingerprint density at radius 1 is 1.20 bits per heavy atom. The zero-order valence-corrected chi connectivity index (χ0v) is 14.0. The molecule has 126 valence electrons. The number of rotatable bonds is 5. The molecule has 0 unspecified atom stereocenters. The Morgan fingerprint density at radius 3 is 2.76 bits per heavy atom. The summed E-state index contributed by atoms with van der Waals surface area (Å²) in [7, 11) is 1.78. The van der Waals surface area contributed by atoms with Crippen LogP contribution in [0.3, 0.4) is 0 Å². The number of aryl methyl sites for hydroxylation is 1. The zero-order chi connectivity index (χ0) is 17.2. The lowest BCUT2D eigenvalue weighted by Crippen LogP contribution is -2.25. The number of nitrogens with one attached hydrogen (secondary N) is 1. The van der Waals surface area contributed by atoms with Crippen molar-refractivity contribution in [1.82, 2.24) is 25.1 Å². The van der Waals surface area contributed by atoms with Crippen molar-refractivity contribution >= 4 is 5.91 Å². The maximum atomic E-state index is 12.5. The quantitative estimate of drug-likeness (QED) is 0.779. The minimum atomic E-state index is -0.163. The average molecular weight is 333 g/mol. The van der Waals surface area contributed by atoms with Gasteiger partial charge in [-0.2, -0.15) is 5.10 Å². The highest BCUT2D eigenvalue weighted by molar-refractivity contribution is 5.93. The topological polar surface area (TPSA) is 72.7 Å². The second kappa shape index (κ2) is 6.47. The Labute approximate surface area is 145 Å². The maximum Gasteiger partial charge on any atom is 0.269 e. The number of hydrogen-bond acceptors (Lipinski definition) is 4. The highest BCUT2D eigenvalue weighted by atomic mass is 16.2. The molecule has 25 heavy (non-hydrogen) atoms. The molecule has 0 saturated heterocycles. The molecule has 3 aromatic rings. The minimum Gasteiger partial charge on any atom is -0.345 e. The number of benzene rings is 1. The lowest BCUT2D eigenvalue weighted by Gasteiger charge is -2.06. The van der Waals surface area contributed by atoms with Gasteiger partial charge in [0.25, 0.3) is 5.91 Å². The molecule has 0 bridgehead atoms. The summed E-state index contributed by atoms with van der Waals surface area (Å²) in [6.07, 6.45) is 3.97. The first kappa shape index (κ1) is 15.5. The predicted molar refractivity (Wildman–Crippen MR) is 93.8 cm³/mol. The lowest BCUT2D eigenvalue weighted by atomic mass is 10.1. The van der Waals surface area contributed by atoms with Gasteiger partial charge >= 0.3 is 0 Å². The Morgan fingerprint density at radius 2 is 2.00 bits per heavy atom. The van der Waals surface area contributed by atoms with Crippen molar-refractivity contribution in [2.24, 2.45) is 7.05 Å². The number of carbonyl (C=O) groups is 1. The van der Waals surface area contributed by atoms with Crippen LogP contribution in [0, 0.1) is 0 Å². The number of nitrogens with zero attached hydrogens (tertiary/aromatic N) is 4. The van der Waals surface area contributed by atoms with Gasteiger partial charge in [-0.25, -0.2) is 9.97 Å². The molecule has 1 fully saturated rings. The Hall–Kier alpha value is -3.02. The van der Waals surface area contributed by atoms with Gasteiger partial charge in [0.05, 0.1) is 17.9 Å². The molecule has 1 amide bonds. The van der Waals surface area contributed by atoms with Crippen LogP contribution in [-0.4, -0.2) is 25.7 Å². The molecule has 6 nitrogen and oxygen atoms in total. The van der Waals surface area contributed by atoms with E-state index in [0.29, 0.717) is 18.2 Å². The maximum absolute atomic E-state index is 12.5. The van der Waals surface area contributed by atoms with Crippen molar-refractivity contribution in [2.45, 2.75) is 25.3 Å². The third-order valence-electron chi connectivity index (χ3n) is 4.35. The Kier molecular flexibility index (Phi) is 4.01. The monoisotopic (exact) mass is 333 g/mol. The van der Waals surface area contributed by atoms with Crippen molar-refractivity contribution in [1.29, 1.82) is 0 Å². The van der Waals surface area contributed by atoms with E-state index < -0.39 is 0 Å². The molecule has 1 aliphatic carbocycles. The molecule has 1 aromatic carbocycles. The van der Waals surface area contributed by atoms with Crippen LogP contribution in [0.4, 0.5) is 0 Å². The van der Waals surface area contributed by atoms with Gasteiger partial charge in [0, 0.05) is 24.2 Å². The van der Waals surface area contributed by atoms with Gasteiger partial charge in [-0.1, -0.05) is 30.3 Å². The standard InChI is InChI=1S/C19H19N5O/c1-24-18(10-17(23-24)13-5-3-2-4-6-13)19(25)20-11-15-9-16(14-7-8-14)22-12-21-15/h2-6,9-10,12,14H,7-8,11H2,1H3,(H,20,25). The lowest BCUT2D eigenvalue weighted by molar-refractivity contribution is 0.0941. The molecule has 1 aliphatic rings. The van der Waals surface area contributed by atoms with E-state index >= 15 is 0 Å². The highest BCUT2D eigenvalue weighted by Crippen LogP contribution is 2.38. The van der Waals surface area contributed by atoms with Crippen LogP contribution < -0.4 is 5.32 Å². The average Bonchev–Trinajstić information content (AvgIpc) is 3.43. The van der Waals surface area contributed by atoms with Gasteiger partial charge < -0.3 is 5.32 Å². The minimum absolute atomic E-state index is 0.163. The molecule has 0 atom stereocenters. The molecule has 6 heteroatoms. The summed E-state index contributed by atoms with van der Waals surface area (Å²) in [4.78, 5) is 21.0. The summed E-state index contributed by atoms with van der Waals surface area (Å²) in [6, 6.07) is 13.6. The van der Waals surface area contributed by atoms with Crippen LogP contribution in [0.25, 0.3) is 11.3 Å². The molecule has 2 aromatic heterocycles. The van der Waals surface area contributed by atoms with E-state index in [9.17, 15) is 4.79 Å². The van der Waals surface area contributed by atoms with Crippen molar-refractivity contribution in [3.8, 4) is 11.3 Å². The van der Waals surface area contributed by atoms with E-state index in [4.69, 9.17) is 0 Å². The van der Waals surface area contributed by atoms with Gasteiger partial charge in [0.15, 0.2) is 0 Å². The van der Waals surface area contributed by atoms with Crippen molar-refractivity contribution in [2.75, 3.05) is 0 Å². The molecular formula is C19H19N5O. The number of aromatic nitrogens is 4. The van der Waals surface area contributed by atoms with Crippen LogP contribution in [0.1, 0.15) is 40.6 Å². The van der Waals surface area contributed by atoms with Gasteiger partial charge in [-0.05, 0) is 25.0 Å². The molecular weight excluding hydrogens is 314 g/mol. The fraction of sp³-hybridized carbons (Fsp3) is 0.263. The van der Waals surface area contributed by atoms with E-state index in [1.54, 1.807) is 24.1 Å². The molecule has 2 heterocycles. The van der Waals surface area contributed by atoms with Gasteiger partial charge in [0.1, 0.15) is 12.0 Å².